The van der Waals surface area contributed by atoms with Gasteiger partial charge in [-0.05, 0) is 31.0 Å². The van der Waals surface area contributed by atoms with Gasteiger partial charge >= 0.3 is 6.18 Å². The SMILES string of the molecule is O=C(Cc1csc(Nc2cccc(C(F)(F)F)c2)n1)NC1CCCC1. The molecule has 25 heavy (non-hydrogen) atoms. The Morgan fingerprint density at radius 2 is 2.04 bits per heavy atom. The molecule has 0 saturated heterocycles. The molecule has 1 aromatic heterocycles. The highest BCUT2D eigenvalue weighted by molar-refractivity contribution is 7.13. The molecule has 4 nitrogen and oxygen atoms in total. The molecule has 3 rings (SSSR count). The summed E-state index contributed by atoms with van der Waals surface area (Å²) >= 11 is 1.26. The van der Waals surface area contributed by atoms with E-state index < -0.39 is 11.7 Å². The van der Waals surface area contributed by atoms with Crippen LogP contribution in [0.2, 0.25) is 0 Å². The Hall–Kier alpha value is -2.09. The molecule has 1 saturated carbocycles. The van der Waals surface area contributed by atoms with Gasteiger partial charge in [-0.15, -0.1) is 11.3 Å². The predicted octanol–water partition coefficient (Wildman–Crippen LogP) is 4.51. The summed E-state index contributed by atoms with van der Waals surface area (Å²) in [6, 6.07) is 5.20. The molecule has 0 radical (unpaired) electrons. The second-order valence-corrected chi connectivity index (χ2v) is 6.93. The number of carbonyl (C=O) groups excluding carboxylic acids is 1. The van der Waals surface area contributed by atoms with Crippen LogP contribution in [0.4, 0.5) is 24.0 Å². The van der Waals surface area contributed by atoms with Crippen molar-refractivity contribution in [3.8, 4) is 0 Å². The summed E-state index contributed by atoms with van der Waals surface area (Å²) in [5, 5.41) is 8.05. The summed E-state index contributed by atoms with van der Waals surface area (Å²) in [6.45, 7) is 0. The first-order valence-electron chi connectivity index (χ1n) is 8.08. The summed E-state index contributed by atoms with van der Waals surface area (Å²) in [4.78, 5) is 16.3. The highest BCUT2D eigenvalue weighted by atomic mass is 32.1. The molecular formula is C17H18F3N3OS. The molecule has 0 spiro atoms. The number of hydrogen-bond donors (Lipinski definition) is 2. The van der Waals surface area contributed by atoms with Gasteiger partial charge in [0.15, 0.2) is 5.13 Å². The van der Waals surface area contributed by atoms with Crippen molar-refractivity contribution >= 4 is 28.1 Å². The zero-order valence-corrected chi connectivity index (χ0v) is 14.2. The van der Waals surface area contributed by atoms with Crippen LogP contribution in [0.5, 0.6) is 0 Å². The monoisotopic (exact) mass is 369 g/mol. The van der Waals surface area contributed by atoms with E-state index in [1.807, 2.05) is 0 Å². The van der Waals surface area contributed by atoms with E-state index in [1.54, 1.807) is 11.4 Å². The lowest BCUT2D eigenvalue weighted by Crippen LogP contribution is -2.33. The van der Waals surface area contributed by atoms with Gasteiger partial charge < -0.3 is 10.6 Å². The first-order chi connectivity index (χ1) is 11.9. The summed E-state index contributed by atoms with van der Waals surface area (Å²) in [6.07, 6.45) is 0.122. The molecule has 0 aliphatic heterocycles. The molecule has 1 aromatic carbocycles. The average molecular weight is 369 g/mol. The number of hydrogen-bond acceptors (Lipinski definition) is 4. The Balaban J connectivity index is 1.59. The van der Waals surface area contributed by atoms with E-state index in [1.165, 1.54) is 17.4 Å². The Kier molecular flexibility index (Phi) is 5.27. The maximum absolute atomic E-state index is 12.7. The van der Waals surface area contributed by atoms with Crippen molar-refractivity contribution in [1.82, 2.24) is 10.3 Å². The number of aromatic nitrogens is 1. The zero-order valence-electron chi connectivity index (χ0n) is 13.4. The summed E-state index contributed by atoms with van der Waals surface area (Å²) in [7, 11) is 0. The van der Waals surface area contributed by atoms with Gasteiger partial charge in [-0.2, -0.15) is 13.2 Å². The van der Waals surface area contributed by atoms with Crippen molar-refractivity contribution in [3.05, 3.63) is 40.9 Å². The van der Waals surface area contributed by atoms with Gasteiger partial charge in [0.05, 0.1) is 17.7 Å². The third-order valence-electron chi connectivity index (χ3n) is 4.05. The van der Waals surface area contributed by atoms with Crippen molar-refractivity contribution in [2.75, 3.05) is 5.32 Å². The lowest BCUT2D eigenvalue weighted by atomic mass is 10.2. The molecule has 8 heteroatoms. The molecule has 1 amide bonds. The van der Waals surface area contributed by atoms with Crippen LogP contribution >= 0.6 is 11.3 Å². The molecule has 1 heterocycles. The van der Waals surface area contributed by atoms with Gasteiger partial charge in [-0.25, -0.2) is 4.98 Å². The Morgan fingerprint density at radius 1 is 1.28 bits per heavy atom. The van der Waals surface area contributed by atoms with Crippen molar-refractivity contribution in [3.63, 3.8) is 0 Å². The fourth-order valence-electron chi connectivity index (χ4n) is 2.86. The zero-order chi connectivity index (χ0) is 17.9. The number of rotatable bonds is 5. The Bertz CT molecular complexity index is 739. The molecule has 2 N–H and O–H groups in total. The molecule has 1 aliphatic carbocycles. The van der Waals surface area contributed by atoms with E-state index in [0.717, 1.165) is 37.8 Å². The fraction of sp³-hybridized carbons (Fsp3) is 0.412. The summed E-state index contributed by atoms with van der Waals surface area (Å²) in [5.74, 6) is -0.0668. The van der Waals surface area contributed by atoms with Crippen molar-refractivity contribution in [2.45, 2.75) is 44.3 Å². The van der Waals surface area contributed by atoms with Crippen LogP contribution in [0.25, 0.3) is 0 Å². The lowest BCUT2D eigenvalue weighted by molar-refractivity contribution is -0.137. The summed E-state index contributed by atoms with van der Waals surface area (Å²) in [5.41, 5.74) is 0.200. The number of carbonyl (C=O) groups is 1. The summed E-state index contributed by atoms with van der Waals surface area (Å²) < 4.78 is 38.2. The molecule has 2 aromatic rings. The van der Waals surface area contributed by atoms with Crippen LogP contribution in [-0.4, -0.2) is 16.9 Å². The van der Waals surface area contributed by atoms with Crippen molar-refractivity contribution in [1.29, 1.82) is 0 Å². The quantitative estimate of drug-likeness (QED) is 0.816. The fourth-order valence-corrected chi connectivity index (χ4v) is 3.59. The minimum absolute atomic E-state index is 0.0668. The maximum Gasteiger partial charge on any atom is 0.416 e. The molecular weight excluding hydrogens is 351 g/mol. The average Bonchev–Trinajstić information content (AvgIpc) is 3.19. The van der Waals surface area contributed by atoms with E-state index in [-0.39, 0.29) is 18.4 Å². The van der Waals surface area contributed by atoms with Gasteiger partial charge in [0.2, 0.25) is 5.91 Å². The molecule has 134 valence electrons. The molecule has 1 aliphatic rings. The lowest BCUT2D eigenvalue weighted by Gasteiger charge is -2.10. The third kappa shape index (κ3) is 4.94. The van der Waals surface area contributed by atoms with Gasteiger partial charge in [-0.1, -0.05) is 18.9 Å². The van der Waals surface area contributed by atoms with Gasteiger partial charge in [0.1, 0.15) is 0 Å². The number of amides is 1. The van der Waals surface area contributed by atoms with Crippen LogP contribution in [0.3, 0.4) is 0 Å². The topological polar surface area (TPSA) is 54.0 Å². The number of halogens is 3. The first-order valence-corrected chi connectivity index (χ1v) is 8.96. The van der Waals surface area contributed by atoms with Crippen LogP contribution in [0.15, 0.2) is 29.6 Å². The number of alkyl halides is 3. The maximum atomic E-state index is 12.7. The second-order valence-electron chi connectivity index (χ2n) is 6.07. The van der Waals surface area contributed by atoms with Crippen LogP contribution in [-0.2, 0) is 17.4 Å². The number of thiazole rings is 1. The van der Waals surface area contributed by atoms with Crippen LogP contribution in [0.1, 0.15) is 36.9 Å². The minimum atomic E-state index is -4.38. The van der Waals surface area contributed by atoms with Crippen molar-refractivity contribution < 1.29 is 18.0 Å². The molecule has 0 bridgehead atoms. The Morgan fingerprint density at radius 3 is 2.76 bits per heavy atom. The standard InChI is InChI=1S/C17H18F3N3OS/c18-17(19,20)11-4-3-7-13(8-11)22-16-23-14(10-25-16)9-15(24)21-12-5-1-2-6-12/h3-4,7-8,10,12H,1-2,5-6,9H2,(H,21,24)(H,22,23). The Labute approximate surface area is 147 Å². The van der Waals surface area contributed by atoms with E-state index >= 15 is 0 Å². The van der Waals surface area contributed by atoms with Gasteiger partial charge in [0, 0.05) is 17.1 Å². The number of benzene rings is 1. The predicted molar refractivity (Wildman–Crippen MR) is 90.9 cm³/mol. The molecule has 0 atom stereocenters. The highest BCUT2D eigenvalue weighted by Gasteiger charge is 2.30. The normalized spacial score (nSPS) is 15.3. The van der Waals surface area contributed by atoms with Crippen molar-refractivity contribution in [2.24, 2.45) is 0 Å². The van der Waals surface area contributed by atoms with E-state index in [0.29, 0.717) is 16.5 Å². The largest absolute Gasteiger partial charge is 0.416 e. The van der Waals surface area contributed by atoms with Crippen LogP contribution in [0, 0.1) is 0 Å². The minimum Gasteiger partial charge on any atom is -0.353 e. The third-order valence-corrected chi connectivity index (χ3v) is 4.86. The van der Waals surface area contributed by atoms with E-state index in [9.17, 15) is 18.0 Å². The van der Waals surface area contributed by atoms with Gasteiger partial charge in [0.25, 0.3) is 0 Å². The number of nitrogens with zero attached hydrogens (tertiary/aromatic N) is 1. The van der Waals surface area contributed by atoms with E-state index in [2.05, 4.69) is 15.6 Å². The van der Waals surface area contributed by atoms with Crippen LogP contribution < -0.4 is 10.6 Å². The second kappa shape index (κ2) is 7.43. The highest BCUT2D eigenvalue weighted by Crippen LogP contribution is 2.31. The molecule has 0 unspecified atom stereocenters. The molecule has 1 fully saturated rings. The number of nitrogens with one attached hydrogen (secondary N) is 2. The smallest absolute Gasteiger partial charge is 0.353 e. The number of anilines is 2. The first kappa shape index (κ1) is 17.7. The van der Waals surface area contributed by atoms with E-state index in [4.69, 9.17) is 0 Å². The van der Waals surface area contributed by atoms with Gasteiger partial charge in [-0.3, -0.25) is 4.79 Å².